The second-order valence-corrected chi connectivity index (χ2v) is 6.18. The van der Waals surface area contributed by atoms with E-state index in [1.807, 2.05) is 26.0 Å². The van der Waals surface area contributed by atoms with E-state index in [-0.39, 0.29) is 11.8 Å². The molecule has 3 nitrogen and oxygen atoms in total. The second kappa shape index (κ2) is 4.09. The first-order valence-electron chi connectivity index (χ1n) is 5.69. The lowest BCUT2D eigenvalue weighted by Crippen LogP contribution is -2.34. The molecule has 0 spiro atoms. The van der Waals surface area contributed by atoms with E-state index in [0.717, 1.165) is 24.1 Å². The first kappa shape index (κ1) is 11.5. The number of hydrogen-bond acceptors (Lipinski definition) is 3. The van der Waals surface area contributed by atoms with Gasteiger partial charge in [-0.3, -0.25) is 0 Å². The highest BCUT2D eigenvalue weighted by atomic mass is 32.2. The van der Waals surface area contributed by atoms with Gasteiger partial charge in [0.25, 0.3) is 0 Å². The van der Waals surface area contributed by atoms with Crippen LogP contribution in [0.15, 0.2) is 23.1 Å². The van der Waals surface area contributed by atoms with Crippen molar-refractivity contribution in [3.05, 3.63) is 23.8 Å². The van der Waals surface area contributed by atoms with E-state index in [2.05, 4.69) is 5.32 Å². The van der Waals surface area contributed by atoms with Crippen LogP contribution < -0.4 is 5.32 Å². The van der Waals surface area contributed by atoms with Crippen molar-refractivity contribution in [2.75, 3.05) is 11.1 Å². The third-order valence-electron chi connectivity index (χ3n) is 3.09. The Morgan fingerprint density at radius 1 is 1.38 bits per heavy atom. The SMILES string of the molecule is CCc1cccc2c1NC(CC)CS2(=O)=O. The van der Waals surface area contributed by atoms with Gasteiger partial charge in [0.05, 0.1) is 16.3 Å². The Morgan fingerprint density at radius 2 is 2.12 bits per heavy atom. The van der Waals surface area contributed by atoms with Gasteiger partial charge < -0.3 is 5.32 Å². The lowest BCUT2D eigenvalue weighted by molar-refractivity contribution is 0.583. The van der Waals surface area contributed by atoms with Gasteiger partial charge in [-0.1, -0.05) is 26.0 Å². The Kier molecular flexibility index (Phi) is 2.93. The Hall–Kier alpha value is -1.03. The summed E-state index contributed by atoms with van der Waals surface area (Å²) in [6.07, 6.45) is 1.68. The standard InChI is InChI=1S/C12H17NO2S/c1-3-9-6-5-7-11-12(9)13-10(4-2)8-16(11,14)15/h5-7,10,13H,3-4,8H2,1-2H3. The van der Waals surface area contributed by atoms with Crippen LogP contribution in [0.2, 0.25) is 0 Å². The monoisotopic (exact) mass is 239 g/mol. The maximum absolute atomic E-state index is 12.1. The van der Waals surface area contributed by atoms with Crippen LogP contribution >= 0.6 is 0 Å². The van der Waals surface area contributed by atoms with Crippen molar-refractivity contribution in [1.82, 2.24) is 0 Å². The predicted molar refractivity (Wildman–Crippen MR) is 65.6 cm³/mol. The fourth-order valence-corrected chi connectivity index (χ4v) is 3.93. The van der Waals surface area contributed by atoms with Gasteiger partial charge in [-0.15, -0.1) is 0 Å². The van der Waals surface area contributed by atoms with Crippen LogP contribution in [0.5, 0.6) is 0 Å². The van der Waals surface area contributed by atoms with E-state index in [0.29, 0.717) is 4.90 Å². The number of aryl methyl sites for hydroxylation is 1. The maximum Gasteiger partial charge on any atom is 0.182 e. The van der Waals surface area contributed by atoms with Crippen LogP contribution in [-0.4, -0.2) is 20.2 Å². The van der Waals surface area contributed by atoms with Crippen molar-refractivity contribution in [3.63, 3.8) is 0 Å². The molecule has 0 amide bonds. The molecule has 0 aromatic heterocycles. The van der Waals surface area contributed by atoms with Gasteiger partial charge in [0, 0.05) is 6.04 Å². The first-order valence-corrected chi connectivity index (χ1v) is 7.35. The number of hydrogen-bond donors (Lipinski definition) is 1. The molecule has 0 saturated heterocycles. The van der Waals surface area contributed by atoms with Crippen LogP contribution in [0, 0.1) is 0 Å². The third-order valence-corrected chi connectivity index (χ3v) is 4.94. The Morgan fingerprint density at radius 3 is 2.75 bits per heavy atom. The Balaban J connectivity index is 2.59. The number of nitrogens with one attached hydrogen (secondary N) is 1. The number of anilines is 1. The van der Waals surface area contributed by atoms with Gasteiger partial charge in [-0.05, 0) is 24.5 Å². The molecule has 1 aliphatic heterocycles. The number of benzene rings is 1. The molecule has 1 aromatic rings. The zero-order chi connectivity index (χ0) is 11.8. The largest absolute Gasteiger partial charge is 0.380 e. The van der Waals surface area contributed by atoms with Crippen LogP contribution in [-0.2, 0) is 16.3 Å². The summed E-state index contributed by atoms with van der Waals surface area (Å²) in [5, 5.41) is 3.34. The van der Waals surface area contributed by atoms with E-state index in [9.17, 15) is 8.42 Å². The van der Waals surface area contributed by atoms with Gasteiger partial charge in [0.1, 0.15) is 0 Å². The summed E-state index contributed by atoms with van der Waals surface area (Å²) in [6.45, 7) is 4.05. The van der Waals surface area contributed by atoms with Crippen molar-refractivity contribution in [2.24, 2.45) is 0 Å². The molecule has 0 aliphatic carbocycles. The van der Waals surface area contributed by atoms with Crippen molar-refractivity contribution in [1.29, 1.82) is 0 Å². The molecule has 0 bridgehead atoms. The minimum atomic E-state index is -3.10. The van der Waals surface area contributed by atoms with Crippen LogP contribution in [0.1, 0.15) is 25.8 Å². The molecule has 1 unspecified atom stereocenters. The summed E-state index contributed by atoms with van der Waals surface area (Å²) in [6, 6.07) is 5.55. The smallest absolute Gasteiger partial charge is 0.182 e. The zero-order valence-electron chi connectivity index (χ0n) is 9.66. The minimum Gasteiger partial charge on any atom is -0.380 e. The molecule has 0 radical (unpaired) electrons. The number of para-hydroxylation sites is 1. The van der Waals surface area contributed by atoms with Gasteiger partial charge in [0.2, 0.25) is 0 Å². The lowest BCUT2D eigenvalue weighted by atomic mass is 10.1. The highest BCUT2D eigenvalue weighted by Gasteiger charge is 2.29. The van der Waals surface area contributed by atoms with Crippen LogP contribution in [0.25, 0.3) is 0 Å². The summed E-state index contributed by atoms with van der Waals surface area (Å²) < 4.78 is 24.1. The predicted octanol–water partition coefficient (Wildman–Crippen LogP) is 2.23. The average Bonchev–Trinajstić information content (AvgIpc) is 2.27. The van der Waals surface area contributed by atoms with E-state index in [1.165, 1.54) is 0 Å². The molecule has 1 atom stereocenters. The number of fused-ring (bicyclic) bond motifs is 1. The normalized spacial score (nSPS) is 22.2. The fraction of sp³-hybridized carbons (Fsp3) is 0.500. The summed E-state index contributed by atoms with van der Waals surface area (Å²) >= 11 is 0. The molecular weight excluding hydrogens is 222 g/mol. The summed E-state index contributed by atoms with van der Waals surface area (Å²) in [5.41, 5.74) is 1.90. The fourth-order valence-electron chi connectivity index (χ4n) is 2.11. The zero-order valence-corrected chi connectivity index (χ0v) is 10.5. The minimum absolute atomic E-state index is 0.0465. The third kappa shape index (κ3) is 1.82. The quantitative estimate of drug-likeness (QED) is 0.860. The number of rotatable bonds is 2. The van der Waals surface area contributed by atoms with Gasteiger partial charge in [-0.25, -0.2) is 8.42 Å². The highest BCUT2D eigenvalue weighted by Crippen LogP contribution is 2.32. The summed E-state index contributed by atoms with van der Waals surface area (Å²) in [5.74, 6) is 0.212. The second-order valence-electron chi connectivity index (χ2n) is 4.17. The van der Waals surface area contributed by atoms with Crippen molar-refractivity contribution in [3.8, 4) is 0 Å². The maximum atomic E-state index is 12.1. The molecule has 1 aromatic carbocycles. The first-order chi connectivity index (χ1) is 7.58. The van der Waals surface area contributed by atoms with Crippen molar-refractivity contribution in [2.45, 2.75) is 37.6 Å². The summed E-state index contributed by atoms with van der Waals surface area (Å²) in [4.78, 5) is 0.469. The van der Waals surface area contributed by atoms with E-state index in [4.69, 9.17) is 0 Å². The van der Waals surface area contributed by atoms with E-state index >= 15 is 0 Å². The molecule has 1 aliphatic rings. The molecular formula is C12H17NO2S. The van der Waals surface area contributed by atoms with Gasteiger partial charge in [0.15, 0.2) is 9.84 Å². The number of sulfone groups is 1. The van der Waals surface area contributed by atoms with Crippen LogP contribution in [0.3, 0.4) is 0 Å². The highest BCUT2D eigenvalue weighted by molar-refractivity contribution is 7.91. The van der Waals surface area contributed by atoms with E-state index in [1.54, 1.807) is 6.07 Å². The van der Waals surface area contributed by atoms with Crippen molar-refractivity contribution >= 4 is 15.5 Å². The molecule has 88 valence electrons. The average molecular weight is 239 g/mol. The van der Waals surface area contributed by atoms with Gasteiger partial charge in [-0.2, -0.15) is 0 Å². The molecule has 1 heterocycles. The Labute approximate surface area is 96.8 Å². The van der Waals surface area contributed by atoms with Gasteiger partial charge >= 0.3 is 0 Å². The molecule has 0 saturated carbocycles. The van der Waals surface area contributed by atoms with Crippen molar-refractivity contribution < 1.29 is 8.42 Å². The molecule has 16 heavy (non-hydrogen) atoms. The van der Waals surface area contributed by atoms with E-state index < -0.39 is 9.84 Å². The molecule has 4 heteroatoms. The molecule has 2 rings (SSSR count). The Bertz CT molecular complexity index is 494. The summed E-state index contributed by atoms with van der Waals surface area (Å²) in [7, 11) is -3.10. The topological polar surface area (TPSA) is 46.2 Å². The van der Waals surface area contributed by atoms with Crippen LogP contribution in [0.4, 0.5) is 5.69 Å². The molecule has 1 N–H and O–H groups in total. The molecule has 0 fully saturated rings. The lowest BCUT2D eigenvalue weighted by Gasteiger charge is -2.27.